The molecule has 0 aliphatic heterocycles. The smallest absolute Gasteiger partial charge is 0.264 e. The first-order chi connectivity index (χ1) is 10.3. The first kappa shape index (κ1) is 16.5. The van der Waals surface area contributed by atoms with Gasteiger partial charge >= 0.3 is 0 Å². The number of nitrogens with one attached hydrogen (secondary N) is 1. The molecule has 2 rings (SSSR count). The van der Waals surface area contributed by atoms with E-state index >= 15 is 0 Å². The van der Waals surface area contributed by atoms with Crippen LogP contribution in [0.2, 0.25) is 0 Å². The first-order valence-corrected chi connectivity index (χ1v) is 8.04. The number of anilines is 1. The molecule has 1 heterocycles. The van der Waals surface area contributed by atoms with Crippen molar-refractivity contribution in [1.82, 2.24) is 4.98 Å². The topological polar surface area (TPSA) is 51.2 Å². The van der Waals surface area contributed by atoms with Crippen LogP contribution in [-0.4, -0.2) is 17.5 Å². The lowest BCUT2D eigenvalue weighted by Gasteiger charge is -2.19. The SMILES string of the molecule is Cc1nc(NC(=O)COc2ccc(C(C)(C)C)cc2)sc1C. The Morgan fingerprint density at radius 3 is 2.36 bits per heavy atom. The van der Waals surface area contributed by atoms with E-state index in [9.17, 15) is 4.79 Å². The van der Waals surface area contributed by atoms with Crippen LogP contribution in [0.3, 0.4) is 0 Å². The zero-order chi connectivity index (χ0) is 16.3. The molecular formula is C17H22N2O2S. The summed E-state index contributed by atoms with van der Waals surface area (Å²) in [6, 6.07) is 7.85. The summed E-state index contributed by atoms with van der Waals surface area (Å²) in [5.74, 6) is 0.489. The highest BCUT2D eigenvalue weighted by Crippen LogP contribution is 2.24. The molecule has 0 bridgehead atoms. The number of hydrogen-bond donors (Lipinski definition) is 1. The van der Waals surface area contributed by atoms with Crippen LogP contribution in [0.15, 0.2) is 24.3 Å². The van der Waals surface area contributed by atoms with E-state index in [-0.39, 0.29) is 17.9 Å². The average molecular weight is 318 g/mol. The lowest BCUT2D eigenvalue weighted by Crippen LogP contribution is -2.20. The van der Waals surface area contributed by atoms with Crippen LogP contribution in [0.25, 0.3) is 0 Å². The Labute approximate surface area is 135 Å². The molecule has 0 atom stereocenters. The molecule has 1 amide bonds. The van der Waals surface area contributed by atoms with Crippen molar-refractivity contribution in [2.75, 3.05) is 11.9 Å². The zero-order valence-corrected chi connectivity index (χ0v) is 14.5. The van der Waals surface area contributed by atoms with Crippen molar-refractivity contribution in [3.05, 3.63) is 40.4 Å². The maximum Gasteiger partial charge on any atom is 0.264 e. The van der Waals surface area contributed by atoms with E-state index in [1.54, 1.807) is 0 Å². The van der Waals surface area contributed by atoms with Gasteiger partial charge in [-0.3, -0.25) is 10.1 Å². The Morgan fingerprint density at radius 1 is 1.23 bits per heavy atom. The molecule has 2 aromatic rings. The zero-order valence-electron chi connectivity index (χ0n) is 13.7. The van der Waals surface area contributed by atoms with Crippen molar-refractivity contribution in [3.8, 4) is 5.75 Å². The van der Waals surface area contributed by atoms with Crippen molar-refractivity contribution in [3.63, 3.8) is 0 Å². The second-order valence-corrected chi connectivity index (χ2v) is 7.48. The van der Waals surface area contributed by atoms with Crippen molar-refractivity contribution in [2.45, 2.75) is 40.0 Å². The number of benzene rings is 1. The molecule has 0 radical (unpaired) electrons. The van der Waals surface area contributed by atoms with Crippen molar-refractivity contribution >= 4 is 22.4 Å². The summed E-state index contributed by atoms with van der Waals surface area (Å²) < 4.78 is 5.51. The molecule has 0 aliphatic rings. The Kier molecular flexibility index (Phi) is 4.86. The van der Waals surface area contributed by atoms with Gasteiger partial charge in [0.2, 0.25) is 0 Å². The molecule has 0 unspecified atom stereocenters. The number of amides is 1. The third-order valence-corrected chi connectivity index (χ3v) is 4.35. The van der Waals surface area contributed by atoms with Gasteiger partial charge in [0.05, 0.1) is 5.69 Å². The Balaban J connectivity index is 1.88. The average Bonchev–Trinajstić information content (AvgIpc) is 2.74. The summed E-state index contributed by atoms with van der Waals surface area (Å²) in [5.41, 5.74) is 2.29. The fourth-order valence-electron chi connectivity index (χ4n) is 1.88. The molecule has 118 valence electrons. The van der Waals surface area contributed by atoms with Gasteiger partial charge in [0.15, 0.2) is 11.7 Å². The molecule has 0 saturated heterocycles. The number of hydrogen-bond acceptors (Lipinski definition) is 4. The number of ether oxygens (including phenoxy) is 1. The van der Waals surface area contributed by atoms with Crippen LogP contribution in [0.5, 0.6) is 5.75 Å². The summed E-state index contributed by atoms with van der Waals surface area (Å²) in [4.78, 5) is 17.2. The van der Waals surface area contributed by atoms with Gasteiger partial charge in [0.25, 0.3) is 5.91 Å². The van der Waals surface area contributed by atoms with E-state index < -0.39 is 0 Å². The van der Waals surface area contributed by atoms with Gasteiger partial charge in [0, 0.05) is 4.88 Å². The summed E-state index contributed by atoms with van der Waals surface area (Å²) in [6.45, 7) is 10.4. The number of aromatic nitrogens is 1. The van der Waals surface area contributed by atoms with Crippen LogP contribution >= 0.6 is 11.3 Å². The number of nitrogens with zero attached hydrogens (tertiary/aromatic N) is 1. The van der Waals surface area contributed by atoms with E-state index in [0.717, 1.165) is 10.6 Å². The molecule has 1 N–H and O–H groups in total. The molecule has 22 heavy (non-hydrogen) atoms. The maximum atomic E-state index is 11.9. The Morgan fingerprint density at radius 2 is 1.86 bits per heavy atom. The number of thiazole rings is 1. The third kappa shape index (κ3) is 4.31. The number of rotatable bonds is 4. The van der Waals surface area contributed by atoms with Gasteiger partial charge in [-0.2, -0.15) is 0 Å². The van der Waals surface area contributed by atoms with Crippen molar-refractivity contribution < 1.29 is 9.53 Å². The second-order valence-electron chi connectivity index (χ2n) is 6.27. The highest BCUT2D eigenvalue weighted by atomic mass is 32.1. The van der Waals surface area contributed by atoms with Crippen molar-refractivity contribution in [2.24, 2.45) is 0 Å². The number of carbonyl (C=O) groups excluding carboxylic acids is 1. The lowest BCUT2D eigenvalue weighted by molar-refractivity contribution is -0.118. The summed E-state index contributed by atoms with van der Waals surface area (Å²) in [5, 5.41) is 3.37. The monoisotopic (exact) mass is 318 g/mol. The predicted molar refractivity (Wildman–Crippen MR) is 90.9 cm³/mol. The Hall–Kier alpha value is -1.88. The van der Waals surface area contributed by atoms with Gasteiger partial charge in [-0.15, -0.1) is 11.3 Å². The summed E-state index contributed by atoms with van der Waals surface area (Å²) in [7, 11) is 0. The van der Waals surface area contributed by atoms with E-state index in [1.807, 2.05) is 38.1 Å². The van der Waals surface area contributed by atoms with E-state index in [2.05, 4.69) is 31.1 Å². The van der Waals surface area contributed by atoms with E-state index in [4.69, 9.17) is 4.74 Å². The molecule has 1 aromatic heterocycles. The van der Waals surface area contributed by atoms with Crippen LogP contribution in [0.4, 0.5) is 5.13 Å². The van der Waals surface area contributed by atoms with Crippen LogP contribution in [-0.2, 0) is 10.2 Å². The highest BCUT2D eigenvalue weighted by molar-refractivity contribution is 7.15. The van der Waals surface area contributed by atoms with Gasteiger partial charge in [-0.1, -0.05) is 32.9 Å². The summed E-state index contributed by atoms with van der Waals surface area (Å²) in [6.07, 6.45) is 0. The number of carbonyl (C=O) groups is 1. The lowest BCUT2D eigenvalue weighted by atomic mass is 9.87. The van der Waals surface area contributed by atoms with Gasteiger partial charge in [-0.05, 0) is 37.0 Å². The molecule has 0 spiro atoms. The van der Waals surface area contributed by atoms with E-state index in [1.165, 1.54) is 16.9 Å². The molecule has 5 heteroatoms. The largest absolute Gasteiger partial charge is 0.484 e. The summed E-state index contributed by atoms with van der Waals surface area (Å²) >= 11 is 1.47. The molecule has 4 nitrogen and oxygen atoms in total. The van der Waals surface area contributed by atoms with Crippen molar-refractivity contribution in [1.29, 1.82) is 0 Å². The molecular weight excluding hydrogens is 296 g/mol. The molecule has 0 fully saturated rings. The standard InChI is InChI=1S/C17H22N2O2S/c1-11-12(2)22-16(18-11)19-15(20)10-21-14-8-6-13(7-9-14)17(3,4)5/h6-9H,10H2,1-5H3,(H,18,19,20). The van der Waals surface area contributed by atoms with Crippen LogP contribution < -0.4 is 10.1 Å². The number of aryl methyl sites for hydroxylation is 2. The molecule has 1 aromatic carbocycles. The fourth-order valence-corrected chi connectivity index (χ4v) is 2.71. The second kappa shape index (κ2) is 6.48. The third-order valence-electron chi connectivity index (χ3n) is 3.37. The minimum absolute atomic E-state index is 0.0213. The highest BCUT2D eigenvalue weighted by Gasteiger charge is 2.13. The fraction of sp³-hybridized carbons (Fsp3) is 0.412. The predicted octanol–water partition coefficient (Wildman–Crippen LogP) is 4.07. The minimum Gasteiger partial charge on any atom is -0.484 e. The van der Waals surface area contributed by atoms with Crippen LogP contribution in [0.1, 0.15) is 36.9 Å². The molecule has 0 aliphatic carbocycles. The normalized spacial score (nSPS) is 11.3. The van der Waals surface area contributed by atoms with Gasteiger partial charge in [0.1, 0.15) is 5.75 Å². The van der Waals surface area contributed by atoms with Gasteiger partial charge in [-0.25, -0.2) is 4.98 Å². The quantitative estimate of drug-likeness (QED) is 0.924. The maximum absolute atomic E-state index is 11.9. The van der Waals surface area contributed by atoms with E-state index in [0.29, 0.717) is 10.9 Å². The van der Waals surface area contributed by atoms with Gasteiger partial charge < -0.3 is 4.74 Å². The molecule has 0 saturated carbocycles. The first-order valence-electron chi connectivity index (χ1n) is 7.23. The Bertz CT molecular complexity index is 635. The minimum atomic E-state index is -0.200. The van der Waals surface area contributed by atoms with Crippen LogP contribution in [0, 0.1) is 13.8 Å².